The molecule has 27 heavy (non-hydrogen) atoms. The van der Waals surface area contributed by atoms with E-state index in [1.165, 1.54) is 34.3 Å². The summed E-state index contributed by atoms with van der Waals surface area (Å²) in [5.41, 5.74) is 4.60. The summed E-state index contributed by atoms with van der Waals surface area (Å²) < 4.78 is 29.6. The van der Waals surface area contributed by atoms with E-state index in [4.69, 9.17) is 0 Å². The van der Waals surface area contributed by atoms with Crippen LogP contribution in [0.1, 0.15) is 52.4 Å². The zero-order valence-electron chi connectivity index (χ0n) is 15.3. The zero-order chi connectivity index (χ0) is 19.4. The Morgan fingerprint density at radius 1 is 1.41 bits per heavy atom. The standard InChI is InChI=1S/C20H22F2N2O2S/c1-3-13-8-9-17-14(10-13)11-18(27-17)19(25)24-23-12(2)15-6-4-5-7-16(15)26-20(21)22/h4-7,11,13,20H,3,8-10H2,1-2H3,(H,24,25)/b23-12-/t13-/m1/s1. The highest BCUT2D eigenvalue weighted by Gasteiger charge is 2.22. The van der Waals surface area contributed by atoms with Crippen molar-refractivity contribution in [3.05, 3.63) is 51.2 Å². The van der Waals surface area contributed by atoms with Crippen molar-refractivity contribution >= 4 is 23.0 Å². The Balaban J connectivity index is 1.71. The van der Waals surface area contributed by atoms with Crippen molar-refractivity contribution in [1.82, 2.24) is 5.43 Å². The lowest BCUT2D eigenvalue weighted by atomic mass is 9.87. The van der Waals surface area contributed by atoms with Gasteiger partial charge in [0.05, 0.1) is 10.6 Å². The maximum Gasteiger partial charge on any atom is 0.387 e. The first-order chi connectivity index (χ1) is 13.0. The third-order valence-electron chi connectivity index (χ3n) is 4.80. The minimum absolute atomic E-state index is 0.0280. The van der Waals surface area contributed by atoms with Gasteiger partial charge < -0.3 is 4.74 Å². The largest absolute Gasteiger partial charge is 0.434 e. The van der Waals surface area contributed by atoms with Crippen LogP contribution in [0.4, 0.5) is 8.78 Å². The summed E-state index contributed by atoms with van der Waals surface area (Å²) in [6.45, 7) is 0.917. The molecule has 1 aromatic heterocycles. The van der Waals surface area contributed by atoms with Crippen LogP contribution in [0.5, 0.6) is 5.75 Å². The number of ether oxygens (including phenoxy) is 1. The smallest absolute Gasteiger partial charge is 0.387 e. The summed E-state index contributed by atoms with van der Waals surface area (Å²) in [7, 11) is 0. The Kier molecular flexibility index (Phi) is 6.21. The first-order valence-electron chi connectivity index (χ1n) is 8.98. The molecular formula is C20H22F2N2O2S. The number of hydrogen-bond acceptors (Lipinski definition) is 4. The molecule has 2 aromatic rings. The van der Waals surface area contributed by atoms with Gasteiger partial charge in [-0.15, -0.1) is 11.3 Å². The van der Waals surface area contributed by atoms with E-state index in [1.54, 1.807) is 25.1 Å². The normalized spacial score (nSPS) is 16.9. The summed E-state index contributed by atoms with van der Waals surface area (Å²) >= 11 is 1.51. The van der Waals surface area contributed by atoms with Gasteiger partial charge in [-0.25, -0.2) is 5.43 Å². The summed E-state index contributed by atoms with van der Waals surface area (Å²) in [4.78, 5) is 14.4. The summed E-state index contributed by atoms with van der Waals surface area (Å²) in [5.74, 6) is 0.434. The van der Waals surface area contributed by atoms with E-state index < -0.39 is 6.61 Å². The number of amides is 1. The Morgan fingerprint density at radius 3 is 2.93 bits per heavy atom. The molecule has 1 aromatic carbocycles. The van der Waals surface area contributed by atoms with E-state index in [0.29, 0.717) is 22.1 Å². The molecule has 1 aliphatic carbocycles. The molecule has 1 amide bonds. The van der Waals surface area contributed by atoms with Crippen LogP contribution in [0.15, 0.2) is 35.4 Å². The molecule has 0 saturated heterocycles. The van der Waals surface area contributed by atoms with Gasteiger partial charge in [0.2, 0.25) is 0 Å². The molecule has 0 fully saturated rings. The summed E-state index contributed by atoms with van der Waals surface area (Å²) in [6.07, 6.45) is 4.37. The van der Waals surface area contributed by atoms with Crippen molar-refractivity contribution in [1.29, 1.82) is 0 Å². The molecule has 1 atom stereocenters. The highest BCUT2D eigenvalue weighted by Crippen LogP contribution is 2.33. The fourth-order valence-electron chi connectivity index (χ4n) is 3.27. The molecule has 0 unspecified atom stereocenters. The van der Waals surface area contributed by atoms with E-state index in [-0.39, 0.29) is 11.7 Å². The highest BCUT2D eigenvalue weighted by atomic mass is 32.1. The van der Waals surface area contributed by atoms with Gasteiger partial charge in [-0.1, -0.05) is 25.5 Å². The second kappa shape index (κ2) is 8.61. The van der Waals surface area contributed by atoms with Crippen LogP contribution in [0.25, 0.3) is 0 Å². The van der Waals surface area contributed by atoms with Crippen LogP contribution >= 0.6 is 11.3 Å². The second-order valence-electron chi connectivity index (χ2n) is 6.59. The van der Waals surface area contributed by atoms with Gasteiger partial charge >= 0.3 is 6.61 Å². The molecular weight excluding hydrogens is 370 g/mol. The average Bonchev–Trinajstić information content (AvgIpc) is 3.09. The molecule has 144 valence electrons. The Bertz CT molecular complexity index is 848. The molecule has 1 N–H and O–H groups in total. The van der Waals surface area contributed by atoms with E-state index in [1.807, 2.05) is 6.07 Å². The predicted molar refractivity (Wildman–Crippen MR) is 103 cm³/mol. The van der Waals surface area contributed by atoms with Crippen molar-refractivity contribution < 1.29 is 18.3 Å². The number of carbonyl (C=O) groups is 1. The molecule has 3 rings (SSSR count). The first kappa shape index (κ1) is 19.5. The van der Waals surface area contributed by atoms with Crippen LogP contribution in [0.2, 0.25) is 0 Å². The number of thiophene rings is 1. The van der Waals surface area contributed by atoms with Gasteiger partial charge in [0.25, 0.3) is 5.91 Å². The molecule has 4 nitrogen and oxygen atoms in total. The van der Waals surface area contributed by atoms with E-state index in [2.05, 4.69) is 22.2 Å². The number of alkyl halides is 2. The zero-order valence-corrected chi connectivity index (χ0v) is 16.1. The van der Waals surface area contributed by atoms with Crippen molar-refractivity contribution in [3.8, 4) is 5.75 Å². The molecule has 1 heterocycles. The SMILES string of the molecule is CC[C@@H]1CCc2sc(C(=O)N/N=C(/C)c3ccccc3OC(F)F)cc2C1. The number of nitrogens with zero attached hydrogens (tertiary/aromatic N) is 1. The van der Waals surface area contributed by atoms with Crippen LogP contribution in [0.3, 0.4) is 0 Å². The fraction of sp³-hybridized carbons (Fsp3) is 0.400. The first-order valence-corrected chi connectivity index (χ1v) is 9.80. The van der Waals surface area contributed by atoms with Crippen molar-refractivity contribution in [2.45, 2.75) is 46.1 Å². The molecule has 7 heteroatoms. The second-order valence-corrected chi connectivity index (χ2v) is 7.73. The summed E-state index contributed by atoms with van der Waals surface area (Å²) in [5, 5.41) is 4.07. The third-order valence-corrected chi connectivity index (χ3v) is 6.04. The monoisotopic (exact) mass is 392 g/mol. The Morgan fingerprint density at radius 2 is 2.19 bits per heavy atom. The minimum atomic E-state index is -2.92. The topological polar surface area (TPSA) is 50.7 Å². The number of fused-ring (bicyclic) bond motifs is 1. The lowest BCUT2D eigenvalue weighted by Crippen LogP contribution is -2.18. The van der Waals surface area contributed by atoms with Gasteiger partial charge in [-0.3, -0.25) is 4.79 Å². The number of hydrogen-bond donors (Lipinski definition) is 1. The lowest BCUT2D eigenvalue weighted by Gasteiger charge is -2.19. The molecule has 0 radical (unpaired) electrons. The van der Waals surface area contributed by atoms with Crippen LogP contribution < -0.4 is 10.2 Å². The Hall–Kier alpha value is -2.28. The van der Waals surface area contributed by atoms with Crippen molar-refractivity contribution in [2.75, 3.05) is 0 Å². The van der Waals surface area contributed by atoms with Gasteiger partial charge in [0, 0.05) is 10.4 Å². The molecule has 0 aliphatic heterocycles. The maximum absolute atomic E-state index is 12.5. The lowest BCUT2D eigenvalue weighted by molar-refractivity contribution is -0.0499. The third kappa shape index (κ3) is 4.71. The van der Waals surface area contributed by atoms with Gasteiger partial charge in [-0.05, 0) is 55.9 Å². The predicted octanol–water partition coefficient (Wildman–Crippen LogP) is 5.02. The average molecular weight is 392 g/mol. The molecule has 0 spiro atoms. The summed E-state index contributed by atoms with van der Waals surface area (Å²) in [6, 6.07) is 8.33. The highest BCUT2D eigenvalue weighted by molar-refractivity contribution is 7.14. The maximum atomic E-state index is 12.5. The van der Waals surface area contributed by atoms with E-state index >= 15 is 0 Å². The molecule has 0 bridgehead atoms. The number of nitrogens with one attached hydrogen (secondary N) is 1. The Labute approximate surface area is 161 Å². The van der Waals surface area contributed by atoms with Crippen LogP contribution in [-0.2, 0) is 12.8 Å². The van der Waals surface area contributed by atoms with Gasteiger partial charge in [0.15, 0.2) is 0 Å². The van der Waals surface area contributed by atoms with Crippen molar-refractivity contribution in [2.24, 2.45) is 11.0 Å². The number of para-hydroxylation sites is 1. The fourth-order valence-corrected chi connectivity index (χ4v) is 4.37. The number of benzene rings is 1. The quantitative estimate of drug-likeness (QED) is 0.554. The van der Waals surface area contributed by atoms with Crippen molar-refractivity contribution in [3.63, 3.8) is 0 Å². The van der Waals surface area contributed by atoms with E-state index in [0.717, 1.165) is 19.3 Å². The molecule has 1 aliphatic rings. The van der Waals surface area contributed by atoms with Crippen LogP contribution in [0, 0.1) is 5.92 Å². The van der Waals surface area contributed by atoms with E-state index in [9.17, 15) is 13.6 Å². The molecule has 0 saturated carbocycles. The number of carbonyl (C=O) groups excluding carboxylic acids is 1. The van der Waals surface area contributed by atoms with Gasteiger partial charge in [-0.2, -0.15) is 13.9 Å². The number of hydrazone groups is 1. The number of rotatable bonds is 6. The minimum Gasteiger partial charge on any atom is -0.434 e. The van der Waals surface area contributed by atoms with Gasteiger partial charge in [0.1, 0.15) is 5.75 Å². The number of halogens is 2. The number of aryl methyl sites for hydroxylation is 1. The van der Waals surface area contributed by atoms with Crippen LogP contribution in [-0.4, -0.2) is 18.2 Å².